The SMILES string of the molecule is COc1ccc2c(c1)-c1c(C(F)(F)F)nn(C)c1C(C)(C(=O)NC1CCCCCC1)N(C1CC1)C2=O. The third-order valence-electron chi connectivity index (χ3n) is 7.75. The van der Waals surface area contributed by atoms with Gasteiger partial charge in [-0.05, 0) is 50.8 Å². The number of methoxy groups -OCH3 is 1. The zero-order valence-electron chi connectivity index (χ0n) is 20.7. The zero-order valence-corrected chi connectivity index (χ0v) is 20.7. The molecule has 1 unspecified atom stereocenters. The highest BCUT2D eigenvalue weighted by molar-refractivity contribution is 6.08. The maximum atomic E-state index is 14.3. The Labute approximate surface area is 208 Å². The first kappa shape index (κ1) is 24.6. The van der Waals surface area contributed by atoms with Crippen molar-refractivity contribution in [3.05, 3.63) is 35.2 Å². The van der Waals surface area contributed by atoms with Gasteiger partial charge in [0.2, 0.25) is 0 Å². The Morgan fingerprint density at radius 1 is 1.11 bits per heavy atom. The summed E-state index contributed by atoms with van der Waals surface area (Å²) in [7, 11) is 2.82. The molecule has 2 amide bonds. The lowest BCUT2D eigenvalue weighted by molar-refractivity contribution is -0.141. The Balaban J connectivity index is 1.76. The third-order valence-corrected chi connectivity index (χ3v) is 7.75. The molecule has 2 aromatic rings. The second-order valence-corrected chi connectivity index (χ2v) is 10.2. The lowest BCUT2D eigenvalue weighted by Crippen LogP contribution is -2.59. The van der Waals surface area contributed by atoms with E-state index in [4.69, 9.17) is 4.74 Å². The van der Waals surface area contributed by atoms with Gasteiger partial charge < -0.3 is 15.0 Å². The van der Waals surface area contributed by atoms with E-state index in [1.165, 1.54) is 31.2 Å². The highest BCUT2D eigenvalue weighted by atomic mass is 19.4. The van der Waals surface area contributed by atoms with Crippen molar-refractivity contribution in [2.75, 3.05) is 7.11 Å². The van der Waals surface area contributed by atoms with Crippen molar-refractivity contribution in [3.8, 4) is 16.9 Å². The Hall–Kier alpha value is -3.04. The summed E-state index contributed by atoms with van der Waals surface area (Å²) in [6, 6.07) is 4.14. The van der Waals surface area contributed by atoms with Crippen LogP contribution in [-0.2, 0) is 23.6 Å². The lowest BCUT2D eigenvalue weighted by Gasteiger charge is -2.40. The minimum absolute atomic E-state index is 0.0631. The highest BCUT2D eigenvalue weighted by Gasteiger charge is 2.57. The van der Waals surface area contributed by atoms with Gasteiger partial charge in [0.1, 0.15) is 5.75 Å². The Kier molecular flexibility index (Phi) is 6.03. The molecule has 5 rings (SSSR count). The van der Waals surface area contributed by atoms with Crippen LogP contribution in [0, 0.1) is 0 Å². The fraction of sp³-hybridized carbons (Fsp3) is 0.577. The van der Waals surface area contributed by atoms with E-state index in [0.29, 0.717) is 18.6 Å². The summed E-state index contributed by atoms with van der Waals surface area (Å²) in [4.78, 5) is 29.7. The number of nitrogens with one attached hydrogen (secondary N) is 1. The standard InChI is InChI=1S/C26H31F3N4O3/c1-25(24(35)30-15-8-6-4-5-7-9-15)22-20(21(26(27,28)29)31-32(22)2)19-14-17(36-3)12-13-18(19)23(34)33(25)16-10-11-16/h12-16H,4-11H2,1-3H3,(H,30,35). The average molecular weight is 505 g/mol. The Morgan fingerprint density at radius 2 is 1.78 bits per heavy atom. The van der Waals surface area contributed by atoms with Gasteiger partial charge >= 0.3 is 6.18 Å². The van der Waals surface area contributed by atoms with Crippen LogP contribution in [0.25, 0.3) is 11.1 Å². The van der Waals surface area contributed by atoms with E-state index in [9.17, 15) is 22.8 Å². The van der Waals surface area contributed by atoms with Crippen LogP contribution in [0.2, 0.25) is 0 Å². The number of carbonyl (C=O) groups is 2. The molecule has 2 aliphatic carbocycles. The molecule has 0 saturated heterocycles. The second kappa shape index (κ2) is 8.81. The predicted octanol–water partition coefficient (Wildman–Crippen LogP) is 4.79. The smallest absolute Gasteiger partial charge is 0.435 e. The summed E-state index contributed by atoms with van der Waals surface area (Å²) in [5.74, 6) is -0.612. The lowest BCUT2D eigenvalue weighted by atomic mass is 9.88. The summed E-state index contributed by atoms with van der Waals surface area (Å²) in [6.07, 6.45) is 2.34. The quantitative estimate of drug-likeness (QED) is 0.608. The van der Waals surface area contributed by atoms with E-state index in [2.05, 4.69) is 10.4 Å². The van der Waals surface area contributed by atoms with Crippen molar-refractivity contribution in [2.45, 2.75) is 82.1 Å². The largest absolute Gasteiger partial charge is 0.497 e. The molecule has 3 aliphatic rings. The van der Waals surface area contributed by atoms with Crippen LogP contribution in [0.3, 0.4) is 0 Å². The number of rotatable bonds is 4. The van der Waals surface area contributed by atoms with Crippen molar-refractivity contribution in [3.63, 3.8) is 0 Å². The Bertz CT molecular complexity index is 1200. The van der Waals surface area contributed by atoms with Crippen LogP contribution < -0.4 is 10.1 Å². The molecule has 1 aromatic heterocycles. The molecule has 1 N–H and O–H groups in total. The number of hydrogen-bond donors (Lipinski definition) is 1. The molecule has 7 nitrogen and oxygen atoms in total. The van der Waals surface area contributed by atoms with E-state index in [0.717, 1.165) is 43.2 Å². The number of ether oxygens (including phenoxy) is 1. The van der Waals surface area contributed by atoms with Crippen molar-refractivity contribution in [1.82, 2.24) is 20.0 Å². The number of aromatic nitrogens is 2. The summed E-state index contributed by atoms with van der Waals surface area (Å²) in [5, 5.41) is 6.99. The second-order valence-electron chi connectivity index (χ2n) is 10.2. The van der Waals surface area contributed by atoms with Gasteiger partial charge in [0.15, 0.2) is 11.2 Å². The Morgan fingerprint density at radius 3 is 2.36 bits per heavy atom. The van der Waals surface area contributed by atoms with Gasteiger partial charge in [-0.15, -0.1) is 0 Å². The number of aryl methyl sites for hydroxylation is 1. The molecular formula is C26H31F3N4O3. The number of halogens is 3. The molecule has 1 atom stereocenters. The molecule has 2 heterocycles. The fourth-order valence-corrected chi connectivity index (χ4v) is 5.86. The van der Waals surface area contributed by atoms with Crippen molar-refractivity contribution < 1.29 is 27.5 Å². The minimum atomic E-state index is -4.79. The van der Waals surface area contributed by atoms with Gasteiger partial charge in [-0.2, -0.15) is 18.3 Å². The molecule has 0 spiro atoms. The van der Waals surface area contributed by atoms with Gasteiger partial charge in [-0.25, -0.2) is 0 Å². The summed E-state index contributed by atoms with van der Waals surface area (Å²) in [5.41, 5.74) is -2.80. The van der Waals surface area contributed by atoms with E-state index < -0.39 is 29.2 Å². The van der Waals surface area contributed by atoms with Crippen LogP contribution in [0.15, 0.2) is 18.2 Å². The van der Waals surface area contributed by atoms with E-state index in [1.807, 2.05) is 0 Å². The summed E-state index contributed by atoms with van der Waals surface area (Å²) >= 11 is 0. The maximum absolute atomic E-state index is 14.3. The monoisotopic (exact) mass is 504 g/mol. The first-order valence-electron chi connectivity index (χ1n) is 12.5. The van der Waals surface area contributed by atoms with Crippen LogP contribution in [-0.4, -0.2) is 45.7 Å². The highest BCUT2D eigenvalue weighted by Crippen LogP contribution is 2.51. The number of amides is 2. The van der Waals surface area contributed by atoms with Gasteiger partial charge in [-0.3, -0.25) is 14.3 Å². The zero-order chi connectivity index (χ0) is 25.8. The van der Waals surface area contributed by atoms with Gasteiger partial charge in [0.25, 0.3) is 11.8 Å². The first-order valence-corrected chi connectivity index (χ1v) is 12.5. The van der Waals surface area contributed by atoms with Crippen LogP contribution in [0.5, 0.6) is 5.75 Å². The molecule has 0 bridgehead atoms. The predicted molar refractivity (Wildman–Crippen MR) is 126 cm³/mol. The third kappa shape index (κ3) is 3.94. The van der Waals surface area contributed by atoms with E-state index >= 15 is 0 Å². The fourth-order valence-electron chi connectivity index (χ4n) is 5.86. The van der Waals surface area contributed by atoms with Gasteiger partial charge in [-0.1, -0.05) is 25.7 Å². The van der Waals surface area contributed by atoms with Crippen molar-refractivity contribution in [1.29, 1.82) is 0 Å². The molecule has 194 valence electrons. The van der Waals surface area contributed by atoms with Crippen LogP contribution >= 0.6 is 0 Å². The average Bonchev–Trinajstić information content (AvgIpc) is 3.63. The topological polar surface area (TPSA) is 76.5 Å². The van der Waals surface area contributed by atoms with Crippen LogP contribution in [0.1, 0.15) is 80.0 Å². The van der Waals surface area contributed by atoms with Crippen LogP contribution in [0.4, 0.5) is 13.2 Å². The first-order chi connectivity index (χ1) is 17.1. The molecule has 36 heavy (non-hydrogen) atoms. The normalized spacial score (nSPS) is 22.9. The number of fused-ring (bicyclic) bond motifs is 3. The summed E-state index contributed by atoms with van der Waals surface area (Å²) < 4.78 is 49.4. The van der Waals surface area contributed by atoms with E-state index in [1.54, 1.807) is 13.0 Å². The molecule has 0 radical (unpaired) electrons. The number of nitrogens with zero attached hydrogens (tertiary/aromatic N) is 3. The number of hydrogen-bond acceptors (Lipinski definition) is 4. The molecular weight excluding hydrogens is 473 g/mol. The minimum Gasteiger partial charge on any atom is -0.497 e. The van der Waals surface area contributed by atoms with Gasteiger partial charge in [0.05, 0.1) is 12.8 Å². The number of carbonyl (C=O) groups excluding carboxylic acids is 2. The number of benzene rings is 1. The van der Waals surface area contributed by atoms with Crippen molar-refractivity contribution in [2.24, 2.45) is 7.05 Å². The molecule has 10 heteroatoms. The van der Waals surface area contributed by atoms with Gasteiger partial charge in [0, 0.05) is 35.8 Å². The molecule has 1 aliphatic heterocycles. The molecule has 1 aromatic carbocycles. The summed E-state index contributed by atoms with van der Waals surface area (Å²) in [6.45, 7) is 1.57. The molecule has 2 fully saturated rings. The van der Waals surface area contributed by atoms with E-state index in [-0.39, 0.29) is 34.5 Å². The number of alkyl halides is 3. The molecule has 2 saturated carbocycles. The maximum Gasteiger partial charge on any atom is 0.435 e. The van der Waals surface area contributed by atoms with Crippen molar-refractivity contribution >= 4 is 11.8 Å².